The SMILES string of the molecule is CSC1CCC(n2cnc(CCl)c2)C1. The predicted octanol–water partition coefficient (Wildman–Crippen LogP) is 3.08. The maximum absolute atomic E-state index is 5.72. The van der Waals surface area contributed by atoms with Gasteiger partial charge in [-0.25, -0.2) is 4.98 Å². The van der Waals surface area contributed by atoms with Crippen molar-refractivity contribution in [3.05, 3.63) is 18.2 Å². The van der Waals surface area contributed by atoms with E-state index >= 15 is 0 Å². The van der Waals surface area contributed by atoms with Crippen LogP contribution in [0.15, 0.2) is 12.5 Å². The lowest BCUT2D eigenvalue weighted by molar-refractivity contribution is 0.519. The topological polar surface area (TPSA) is 17.8 Å². The van der Waals surface area contributed by atoms with Crippen LogP contribution in [0.5, 0.6) is 0 Å². The fourth-order valence-electron chi connectivity index (χ4n) is 2.05. The molecule has 1 heterocycles. The van der Waals surface area contributed by atoms with Gasteiger partial charge in [0.2, 0.25) is 0 Å². The molecule has 14 heavy (non-hydrogen) atoms. The molecule has 0 N–H and O–H groups in total. The smallest absolute Gasteiger partial charge is 0.0952 e. The van der Waals surface area contributed by atoms with Gasteiger partial charge in [0.15, 0.2) is 0 Å². The number of hydrogen-bond acceptors (Lipinski definition) is 2. The molecule has 0 spiro atoms. The van der Waals surface area contributed by atoms with Crippen LogP contribution in [-0.4, -0.2) is 21.1 Å². The first-order valence-corrected chi connectivity index (χ1v) is 6.77. The second-order valence-corrected chi connectivity index (χ2v) is 5.18. The molecule has 0 aromatic carbocycles. The van der Waals surface area contributed by atoms with Crippen molar-refractivity contribution in [2.24, 2.45) is 0 Å². The van der Waals surface area contributed by atoms with Crippen LogP contribution in [0.25, 0.3) is 0 Å². The van der Waals surface area contributed by atoms with E-state index in [1.54, 1.807) is 0 Å². The predicted molar refractivity (Wildman–Crippen MR) is 62.0 cm³/mol. The number of nitrogens with zero attached hydrogens (tertiary/aromatic N) is 2. The summed E-state index contributed by atoms with van der Waals surface area (Å²) in [4.78, 5) is 4.25. The van der Waals surface area contributed by atoms with Crippen LogP contribution in [0.3, 0.4) is 0 Å². The molecule has 0 bridgehead atoms. The fraction of sp³-hybridized carbons (Fsp3) is 0.700. The first-order valence-electron chi connectivity index (χ1n) is 4.94. The minimum absolute atomic E-state index is 0.520. The molecule has 2 atom stereocenters. The molecule has 1 aromatic rings. The lowest BCUT2D eigenvalue weighted by atomic mass is 10.2. The number of alkyl halides is 1. The molecule has 0 radical (unpaired) electrons. The Morgan fingerprint density at radius 3 is 3.07 bits per heavy atom. The van der Waals surface area contributed by atoms with Crippen LogP contribution in [-0.2, 0) is 5.88 Å². The summed E-state index contributed by atoms with van der Waals surface area (Å²) in [6.07, 6.45) is 10.1. The highest BCUT2D eigenvalue weighted by molar-refractivity contribution is 7.99. The van der Waals surface area contributed by atoms with Crippen molar-refractivity contribution < 1.29 is 0 Å². The Morgan fingerprint density at radius 2 is 2.50 bits per heavy atom. The Labute approximate surface area is 94.0 Å². The summed E-state index contributed by atoms with van der Waals surface area (Å²) >= 11 is 7.71. The molecule has 0 amide bonds. The highest BCUT2D eigenvalue weighted by atomic mass is 35.5. The first-order chi connectivity index (χ1) is 6.83. The number of aromatic nitrogens is 2. The van der Waals surface area contributed by atoms with Crippen molar-refractivity contribution in [2.45, 2.75) is 36.4 Å². The molecule has 4 heteroatoms. The fourth-order valence-corrected chi connectivity index (χ4v) is 2.97. The van der Waals surface area contributed by atoms with Crippen LogP contribution < -0.4 is 0 Å². The lowest BCUT2D eigenvalue weighted by Gasteiger charge is -2.10. The number of rotatable bonds is 3. The van der Waals surface area contributed by atoms with E-state index in [1.807, 2.05) is 18.1 Å². The van der Waals surface area contributed by atoms with Gasteiger partial charge in [-0.2, -0.15) is 11.8 Å². The van der Waals surface area contributed by atoms with Crippen molar-refractivity contribution >= 4 is 23.4 Å². The summed E-state index contributed by atoms with van der Waals surface area (Å²) in [6, 6.07) is 0.650. The molecule has 1 saturated carbocycles. The van der Waals surface area contributed by atoms with Gasteiger partial charge in [0.05, 0.1) is 17.9 Å². The highest BCUT2D eigenvalue weighted by Gasteiger charge is 2.24. The third kappa shape index (κ3) is 2.09. The van der Waals surface area contributed by atoms with E-state index in [-0.39, 0.29) is 0 Å². The van der Waals surface area contributed by atoms with Gasteiger partial charge in [-0.1, -0.05) is 0 Å². The molecule has 1 fully saturated rings. The quantitative estimate of drug-likeness (QED) is 0.743. The number of halogens is 1. The summed E-state index contributed by atoms with van der Waals surface area (Å²) in [5.74, 6) is 0.520. The van der Waals surface area contributed by atoms with Gasteiger partial charge in [0.1, 0.15) is 0 Å². The lowest BCUT2D eigenvalue weighted by Crippen LogP contribution is -2.03. The zero-order valence-corrected chi connectivity index (χ0v) is 9.89. The maximum atomic E-state index is 5.72. The van der Waals surface area contributed by atoms with Gasteiger partial charge in [-0.15, -0.1) is 11.6 Å². The van der Waals surface area contributed by atoms with E-state index in [2.05, 4.69) is 22.0 Å². The summed E-state index contributed by atoms with van der Waals surface area (Å²) < 4.78 is 2.23. The Morgan fingerprint density at radius 1 is 1.64 bits per heavy atom. The molecule has 1 aliphatic carbocycles. The minimum Gasteiger partial charge on any atom is -0.334 e. The van der Waals surface area contributed by atoms with Gasteiger partial charge in [-0.3, -0.25) is 0 Å². The van der Waals surface area contributed by atoms with Crippen molar-refractivity contribution in [2.75, 3.05) is 6.26 Å². The van der Waals surface area contributed by atoms with Crippen molar-refractivity contribution in [3.8, 4) is 0 Å². The van der Waals surface area contributed by atoms with E-state index in [1.165, 1.54) is 19.3 Å². The third-order valence-electron chi connectivity index (χ3n) is 2.90. The molecule has 1 aromatic heterocycles. The Hall–Kier alpha value is -0.150. The van der Waals surface area contributed by atoms with Gasteiger partial charge in [-0.05, 0) is 25.5 Å². The van der Waals surface area contributed by atoms with Crippen molar-refractivity contribution in [1.82, 2.24) is 9.55 Å². The normalized spacial score (nSPS) is 27.0. The summed E-state index contributed by atoms with van der Waals surface area (Å²) in [6.45, 7) is 0. The van der Waals surface area contributed by atoms with E-state index < -0.39 is 0 Å². The van der Waals surface area contributed by atoms with E-state index in [0.29, 0.717) is 11.9 Å². The molecular weight excluding hydrogens is 216 g/mol. The second kappa shape index (κ2) is 4.58. The van der Waals surface area contributed by atoms with Gasteiger partial charge >= 0.3 is 0 Å². The Kier molecular flexibility index (Phi) is 3.39. The minimum atomic E-state index is 0.520. The van der Waals surface area contributed by atoms with Crippen molar-refractivity contribution in [3.63, 3.8) is 0 Å². The van der Waals surface area contributed by atoms with Gasteiger partial charge in [0.25, 0.3) is 0 Å². The maximum Gasteiger partial charge on any atom is 0.0952 e. The molecule has 2 nitrogen and oxygen atoms in total. The summed E-state index contributed by atoms with van der Waals surface area (Å²) in [5, 5.41) is 0.835. The molecular formula is C10H15ClN2S. The largest absolute Gasteiger partial charge is 0.334 e. The number of hydrogen-bond donors (Lipinski definition) is 0. The first kappa shape index (κ1) is 10.4. The van der Waals surface area contributed by atoms with Crippen LogP contribution in [0.1, 0.15) is 31.0 Å². The third-order valence-corrected chi connectivity index (χ3v) is 4.27. The molecule has 2 rings (SSSR count). The van der Waals surface area contributed by atoms with Gasteiger partial charge in [0, 0.05) is 17.5 Å². The molecule has 0 saturated heterocycles. The standard InChI is InChI=1S/C10H15ClN2S/c1-14-10-3-2-9(4-10)13-6-8(5-11)12-7-13/h6-7,9-10H,2-5H2,1H3. The van der Waals surface area contributed by atoms with Crippen LogP contribution in [0.4, 0.5) is 0 Å². The summed E-state index contributed by atoms with van der Waals surface area (Å²) in [7, 11) is 0. The van der Waals surface area contributed by atoms with Crippen LogP contribution >= 0.6 is 23.4 Å². The van der Waals surface area contributed by atoms with Crippen LogP contribution in [0, 0.1) is 0 Å². The monoisotopic (exact) mass is 230 g/mol. The molecule has 0 aliphatic heterocycles. The van der Waals surface area contributed by atoms with Gasteiger partial charge < -0.3 is 4.57 Å². The average Bonchev–Trinajstić information content (AvgIpc) is 2.86. The van der Waals surface area contributed by atoms with E-state index in [0.717, 1.165) is 10.9 Å². The Bertz CT molecular complexity index is 300. The highest BCUT2D eigenvalue weighted by Crippen LogP contribution is 2.35. The molecule has 1 aliphatic rings. The number of thioether (sulfide) groups is 1. The number of imidazole rings is 1. The molecule has 78 valence electrons. The second-order valence-electron chi connectivity index (χ2n) is 3.77. The van der Waals surface area contributed by atoms with Crippen LogP contribution in [0.2, 0.25) is 0 Å². The Balaban J connectivity index is 2.02. The van der Waals surface area contributed by atoms with E-state index in [9.17, 15) is 0 Å². The average molecular weight is 231 g/mol. The zero-order valence-electron chi connectivity index (χ0n) is 8.32. The van der Waals surface area contributed by atoms with Crippen molar-refractivity contribution in [1.29, 1.82) is 0 Å². The molecule has 2 unspecified atom stereocenters. The van der Waals surface area contributed by atoms with E-state index in [4.69, 9.17) is 11.6 Å². The summed E-state index contributed by atoms with van der Waals surface area (Å²) in [5.41, 5.74) is 0.985. The zero-order chi connectivity index (χ0) is 9.97.